The van der Waals surface area contributed by atoms with E-state index < -0.39 is 10.0 Å². The van der Waals surface area contributed by atoms with Crippen LogP contribution in [0.25, 0.3) is 0 Å². The number of carbonyl (C=O) groups is 1. The van der Waals surface area contributed by atoms with Crippen LogP contribution in [0.15, 0.2) is 41.8 Å². The van der Waals surface area contributed by atoms with Gasteiger partial charge in [0, 0.05) is 12.2 Å². The summed E-state index contributed by atoms with van der Waals surface area (Å²) in [6, 6.07) is 6.05. The maximum Gasteiger partial charge on any atom is 0.240 e. The van der Waals surface area contributed by atoms with Gasteiger partial charge in [-0.15, -0.1) is 6.58 Å². The summed E-state index contributed by atoms with van der Waals surface area (Å²) in [6.45, 7) is 4.19. The number of hydrogen-bond donors (Lipinski definition) is 3. The van der Waals surface area contributed by atoms with Gasteiger partial charge in [0.15, 0.2) is 0 Å². The Bertz CT molecular complexity index is 555. The monoisotopic (exact) mass is 283 g/mol. The van der Waals surface area contributed by atoms with Crippen LogP contribution >= 0.6 is 0 Å². The minimum atomic E-state index is -3.51. The Labute approximate surface area is 113 Å². The molecule has 0 saturated heterocycles. The summed E-state index contributed by atoms with van der Waals surface area (Å²) >= 11 is 0. The number of nitrogens with one attached hydrogen (secondary N) is 3. The molecule has 0 aliphatic rings. The molecule has 0 saturated carbocycles. The summed E-state index contributed by atoms with van der Waals surface area (Å²) in [5.41, 5.74) is 0.432. The molecule has 3 N–H and O–H groups in total. The molecule has 1 amide bonds. The van der Waals surface area contributed by atoms with Gasteiger partial charge in [-0.2, -0.15) is 0 Å². The fourth-order valence-electron chi connectivity index (χ4n) is 1.35. The van der Waals surface area contributed by atoms with Crippen molar-refractivity contribution in [1.82, 2.24) is 10.0 Å². The van der Waals surface area contributed by atoms with E-state index in [1.807, 2.05) is 0 Å². The van der Waals surface area contributed by atoms with E-state index in [0.717, 1.165) is 0 Å². The first-order valence-electron chi connectivity index (χ1n) is 5.64. The molecule has 19 heavy (non-hydrogen) atoms. The van der Waals surface area contributed by atoms with Gasteiger partial charge < -0.3 is 10.6 Å². The van der Waals surface area contributed by atoms with Gasteiger partial charge in [-0.25, -0.2) is 13.1 Å². The molecule has 0 aliphatic heterocycles. The average molecular weight is 283 g/mol. The summed E-state index contributed by atoms with van der Waals surface area (Å²) in [5.74, 6) is -0.249. The van der Waals surface area contributed by atoms with Gasteiger partial charge in [0.05, 0.1) is 11.4 Å². The summed E-state index contributed by atoms with van der Waals surface area (Å²) in [7, 11) is -2.17. The molecule has 1 aromatic rings. The number of anilines is 1. The lowest BCUT2D eigenvalue weighted by atomic mass is 10.3. The molecule has 0 unspecified atom stereocenters. The van der Waals surface area contributed by atoms with Crippen molar-refractivity contribution in [3.05, 3.63) is 36.9 Å². The third-order valence-electron chi connectivity index (χ3n) is 2.27. The van der Waals surface area contributed by atoms with Crippen molar-refractivity contribution < 1.29 is 13.2 Å². The number of amides is 1. The van der Waals surface area contributed by atoms with Gasteiger partial charge in [0.25, 0.3) is 0 Å². The SMILES string of the molecule is C=CCNCC(=O)Nc1cccc(S(=O)(=O)NC)c1. The highest BCUT2D eigenvalue weighted by atomic mass is 32.2. The van der Waals surface area contributed by atoms with Crippen LogP contribution in [0.5, 0.6) is 0 Å². The maximum absolute atomic E-state index is 11.6. The van der Waals surface area contributed by atoms with Crippen LogP contribution < -0.4 is 15.4 Å². The molecule has 7 heteroatoms. The predicted octanol–water partition coefficient (Wildman–Crippen LogP) is 0.309. The zero-order valence-electron chi connectivity index (χ0n) is 10.6. The van der Waals surface area contributed by atoms with E-state index in [9.17, 15) is 13.2 Å². The van der Waals surface area contributed by atoms with Crippen molar-refractivity contribution in [1.29, 1.82) is 0 Å². The second-order valence-corrected chi connectivity index (χ2v) is 5.59. The molecule has 0 bridgehead atoms. The van der Waals surface area contributed by atoms with Gasteiger partial charge in [0.2, 0.25) is 15.9 Å². The molecule has 0 heterocycles. The summed E-state index contributed by atoms with van der Waals surface area (Å²) in [4.78, 5) is 11.6. The first-order valence-corrected chi connectivity index (χ1v) is 7.13. The molecule has 0 spiro atoms. The number of hydrogen-bond acceptors (Lipinski definition) is 4. The van der Waals surface area contributed by atoms with Gasteiger partial charge in [-0.1, -0.05) is 12.1 Å². The number of sulfonamides is 1. The smallest absolute Gasteiger partial charge is 0.240 e. The molecule has 104 valence electrons. The highest BCUT2D eigenvalue weighted by Crippen LogP contribution is 2.14. The van der Waals surface area contributed by atoms with Crippen LogP contribution in [0.2, 0.25) is 0 Å². The standard InChI is InChI=1S/C12H17N3O3S/c1-3-7-14-9-12(16)15-10-5-4-6-11(8-10)19(17,18)13-2/h3-6,8,13-14H,1,7,9H2,2H3,(H,15,16). The van der Waals surface area contributed by atoms with Crippen LogP contribution in [0.4, 0.5) is 5.69 Å². The molecule has 0 fully saturated rings. The molecule has 1 rings (SSSR count). The fourth-order valence-corrected chi connectivity index (χ4v) is 2.13. The Hall–Kier alpha value is -1.70. The summed E-state index contributed by atoms with van der Waals surface area (Å²) in [6.07, 6.45) is 1.65. The lowest BCUT2D eigenvalue weighted by Gasteiger charge is -2.08. The van der Waals surface area contributed by atoms with Crippen LogP contribution in [-0.2, 0) is 14.8 Å². The Morgan fingerprint density at radius 3 is 2.79 bits per heavy atom. The first-order chi connectivity index (χ1) is 8.99. The number of carbonyl (C=O) groups excluding carboxylic acids is 1. The number of benzene rings is 1. The average Bonchev–Trinajstić information content (AvgIpc) is 2.39. The van der Waals surface area contributed by atoms with Crippen molar-refractivity contribution in [3.8, 4) is 0 Å². The van der Waals surface area contributed by atoms with Crippen LogP contribution in [0, 0.1) is 0 Å². The van der Waals surface area contributed by atoms with Crippen molar-refractivity contribution >= 4 is 21.6 Å². The van der Waals surface area contributed by atoms with E-state index in [4.69, 9.17) is 0 Å². The Morgan fingerprint density at radius 1 is 1.42 bits per heavy atom. The van der Waals surface area contributed by atoms with Crippen molar-refractivity contribution in [2.24, 2.45) is 0 Å². The lowest BCUT2D eigenvalue weighted by Crippen LogP contribution is -2.28. The first kappa shape index (κ1) is 15.4. The van der Waals surface area contributed by atoms with E-state index in [0.29, 0.717) is 12.2 Å². The normalized spacial score (nSPS) is 11.0. The molecule has 0 atom stereocenters. The molecular weight excluding hydrogens is 266 g/mol. The van der Waals surface area contributed by atoms with E-state index in [-0.39, 0.29) is 17.3 Å². The summed E-state index contributed by atoms with van der Waals surface area (Å²) < 4.78 is 25.4. The Morgan fingerprint density at radius 2 is 2.16 bits per heavy atom. The van der Waals surface area contributed by atoms with Gasteiger partial charge in [0.1, 0.15) is 0 Å². The minimum absolute atomic E-state index is 0.104. The van der Waals surface area contributed by atoms with Crippen molar-refractivity contribution in [3.63, 3.8) is 0 Å². The van der Waals surface area contributed by atoms with E-state index >= 15 is 0 Å². The van der Waals surface area contributed by atoms with E-state index in [1.54, 1.807) is 18.2 Å². The van der Waals surface area contributed by atoms with Crippen molar-refractivity contribution in [2.45, 2.75) is 4.90 Å². The third kappa shape index (κ3) is 4.82. The van der Waals surface area contributed by atoms with Crippen LogP contribution in [0.3, 0.4) is 0 Å². The van der Waals surface area contributed by atoms with Crippen LogP contribution in [-0.4, -0.2) is 34.5 Å². The fraction of sp³-hybridized carbons (Fsp3) is 0.250. The zero-order chi connectivity index (χ0) is 14.3. The predicted molar refractivity (Wildman–Crippen MR) is 74.4 cm³/mol. The second-order valence-electron chi connectivity index (χ2n) is 3.70. The highest BCUT2D eigenvalue weighted by Gasteiger charge is 2.12. The van der Waals surface area contributed by atoms with Gasteiger partial charge in [-0.05, 0) is 25.2 Å². The molecule has 1 aromatic carbocycles. The van der Waals surface area contributed by atoms with Gasteiger partial charge in [-0.3, -0.25) is 4.79 Å². The molecule has 6 nitrogen and oxygen atoms in total. The topological polar surface area (TPSA) is 87.3 Å². The molecule has 0 aliphatic carbocycles. The van der Waals surface area contributed by atoms with E-state index in [1.165, 1.54) is 19.2 Å². The minimum Gasteiger partial charge on any atom is -0.325 e. The Balaban J connectivity index is 2.72. The zero-order valence-corrected chi connectivity index (χ0v) is 11.5. The quantitative estimate of drug-likeness (QED) is 0.496. The maximum atomic E-state index is 11.6. The second kappa shape index (κ2) is 7.03. The lowest BCUT2D eigenvalue weighted by molar-refractivity contribution is -0.115. The molecule has 0 radical (unpaired) electrons. The largest absolute Gasteiger partial charge is 0.325 e. The van der Waals surface area contributed by atoms with Gasteiger partial charge >= 0.3 is 0 Å². The summed E-state index contributed by atoms with van der Waals surface area (Å²) in [5, 5.41) is 5.46. The highest BCUT2D eigenvalue weighted by molar-refractivity contribution is 7.89. The van der Waals surface area contributed by atoms with E-state index in [2.05, 4.69) is 21.9 Å². The number of rotatable bonds is 7. The molecular formula is C12H17N3O3S. The third-order valence-corrected chi connectivity index (χ3v) is 3.68. The Kier molecular flexibility index (Phi) is 5.68. The molecule has 0 aromatic heterocycles. The van der Waals surface area contributed by atoms with Crippen LogP contribution in [0.1, 0.15) is 0 Å². The van der Waals surface area contributed by atoms with Crippen molar-refractivity contribution in [2.75, 3.05) is 25.5 Å².